The van der Waals surface area contributed by atoms with Gasteiger partial charge >= 0.3 is 5.97 Å². The van der Waals surface area contributed by atoms with Gasteiger partial charge in [-0.3, -0.25) is 4.79 Å². The molecule has 2 atom stereocenters. The molecule has 2 unspecified atom stereocenters. The summed E-state index contributed by atoms with van der Waals surface area (Å²) < 4.78 is 11.6. The summed E-state index contributed by atoms with van der Waals surface area (Å²) in [5.41, 5.74) is 1.71. The van der Waals surface area contributed by atoms with Gasteiger partial charge in [0.15, 0.2) is 0 Å². The number of nitrogens with zero attached hydrogens (tertiary/aromatic N) is 1. The molecule has 1 aliphatic rings. The maximum Gasteiger partial charge on any atom is 0.309 e. The molecule has 0 saturated heterocycles. The van der Waals surface area contributed by atoms with Crippen LogP contribution < -0.4 is 4.90 Å². The topological polar surface area (TPSA) is 38.8 Å². The summed E-state index contributed by atoms with van der Waals surface area (Å²) in [5, 5.41) is 0. The summed E-state index contributed by atoms with van der Waals surface area (Å²) in [4.78, 5) is 14.9. The summed E-state index contributed by atoms with van der Waals surface area (Å²) in [5.74, 6) is -0.184. The molecule has 0 amide bonds. The van der Waals surface area contributed by atoms with Gasteiger partial charge in [0, 0.05) is 24.4 Å². The third-order valence-corrected chi connectivity index (χ3v) is 6.18. The number of hydrogen-bond acceptors (Lipinski definition) is 4. The van der Waals surface area contributed by atoms with Gasteiger partial charge in [-0.25, -0.2) is 0 Å². The highest BCUT2D eigenvalue weighted by Gasteiger charge is 2.51. The molecular formula is C25H41NO3. The number of ether oxygens (including phenoxy) is 2. The van der Waals surface area contributed by atoms with Gasteiger partial charge in [-0.05, 0) is 33.3 Å². The zero-order valence-electron chi connectivity index (χ0n) is 19.0. The maximum absolute atomic E-state index is 12.4. The Balaban J connectivity index is 2.04. The van der Waals surface area contributed by atoms with Gasteiger partial charge in [0.25, 0.3) is 0 Å². The summed E-state index contributed by atoms with van der Waals surface area (Å²) in [6.07, 6.45) is 10.8. The minimum atomic E-state index is -0.627. The first kappa shape index (κ1) is 23.7. The van der Waals surface area contributed by atoms with E-state index < -0.39 is 5.60 Å². The Bertz CT molecular complexity index is 618. The van der Waals surface area contributed by atoms with Crippen LogP contribution in [0, 0.1) is 0 Å². The lowest BCUT2D eigenvalue weighted by Crippen LogP contribution is -2.46. The number of benzene rings is 1. The zero-order valence-corrected chi connectivity index (χ0v) is 19.0. The molecule has 1 heterocycles. The largest absolute Gasteiger partial charge is 0.466 e. The van der Waals surface area contributed by atoms with E-state index in [1.165, 1.54) is 57.1 Å². The molecule has 1 aromatic carbocycles. The minimum Gasteiger partial charge on any atom is -0.466 e. The molecule has 0 aliphatic carbocycles. The van der Waals surface area contributed by atoms with Gasteiger partial charge in [-0.1, -0.05) is 70.1 Å². The first-order chi connectivity index (χ1) is 14.1. The van der Waals surface area contributed by atoms with Crippen LogP contribution in [0.3, 0.4) is 0 Å². The summed E-state index contributed by atoms with van der Waals surface area (Å²) >= 11 is 0. The monoisotopic (exact) mass is 403 g/mol. The Morgan fingerprint density at radius 1 is 0.966 bits per heavy atom. The van der Waals surface area contributed by atoms with Crippen molar-refractivity contribution in [2.45, 2.75) is 97.1 Å². The second-order valence-electron chi connectivity index (χ2n) is 8.17. The molecule has 164 valence electrons. The number of hydrogen-bond donors (Lipinski definition) is 0. The fraction of sp³-hybridized carbons (Fsp3) is 0.720. The molecule has 0 aromatic heterocycles. The number of carbonyl (C=O) groups excluding carboxylic acids is 1. The number of fused-ring (bicyclic) bond motifs is 1. The van der Waals surface area contributed by atoms with Gasteiger partial charge in [-0.2, -0.15) is 0 Å². The highest BCUT2D eigenvalue weighted by Crippen LogP contribution is 2.48. The zero-order chi connectivity index (χ0) is 21.1. The Morgan fingerprint density at radius 2 is 1.62 bits per heavy atom. The normalized spacial score (nSPS) is 20.7. The average Bonchev–Trinajstić information content (AvgIpc) is 2.93. The molecule has 2 rings (SSSR count). The van der Waals surface area contributed by atoms with E-state index in [4.69, 9.17) is 9.47 Å². The van der Waals surface area contributed by atoms with E-state index >= 15 is 0 Å². The lowest BCUT2D eigenvalue weighted by Gasteiger charge is -2.36. The van der Waals surface area contributed by atoms with Crippen LogP contribution in [0.2, 0.25) is 0 Å². The van der Waals surface area contributed by atoms with E-state index in [1.807, 2.05) is 19.9 Å². The predicted octanol–water partition coefficient (Wildman–Crippen LogP) is 6.22. The maximum atomic E-state index is 12.4. The molecule has 0 saturated carbocycles. The summed E-state index contributed by atoms with van der Waals surface area (Å²) in [6.45, 7) is 10.3. The third-order valence-electron chi connectivity index (χ3n) is 6.18. The van der Waals surface area contributed by atoms with Crippen LogP contribution >= 0.6 is 0 Å². The molecule has 0 spiro atoms. The lowest BCUT2D eigenvalue weighted by molar-refractivity contribution is -0.153. The predicted molar refractivity (Wildman–Crippen MR) is 120 cm³/mol. The van der Waals surface area contributed by atoms with Crippen LogP contribution in [-0.4, -0.2) is 31.8 Å². The number of carbonyl (C=O) groups is 1. The van der Waals surface area contributed by atoms with Gasteiger partial charge in [0.05, 0.1) is 19.1 Å². The van der Waals surface area contributed by atoms with Crippen molar-refractivity contribution in [2.24, 2.45) is 0 Å². The molecule has 0 radical (unpaired) electrons. The second kappa shape index (κ2) is 12.2. The number of rotatable bonds is 14. The Hall–Kier alpha value is -1.55. The fourth-order valence-electron chi connectivity index (χ4n) is 4.67. The van der Waals surface area contributed by atoms with E-state index in [9.17, 15) is 4.79 Å². The molecule has 4 nitrogen and oxygen atoms in total. The van der Waals surface area contributed by atoms with E-state index in [0.717, 1.165) is 12.1 Å². The van der Waals surface area contributed by atoms with E-state index in [1.54, 1.807) is 0 Å². The molecule has 0 fully saturated rings. The van der Waals surface area contributed by atoms with E-state index in [2.05, 4.69) is 36.9 Å². The number of para-hydroxylation sites is 1. The molecule has 0 bridgehead atoms. The van der Waals surface area contributed by atoms with Gasteiger partial charge < -0.3 is 14.4 Å². The van der Waals surface area contributed by atoms with Crippen molar-refractivity contribution in [3.63, 3.8) is 0 Å². The van der Waals surface area contributed by atoms with Crippen molar-refractivity contribution in [3.8, 4) is 0 Å². The molecule has 0 N–H and O–H groups in total. The SMILES string of the molecule is CCCCCCCCCCN1c2ccccc2C(CC(=O)OCC)(OCC)C1C. The molecule has 4 heteroatoms. The van der Waals surface area contributed by atoms with Crippen LogP contribution in [0.1, 0.15) is 91.0 Å². The van der Waals surface area contributed by atoms with Crippen molar-refractivity contribution < 1.29 is 14.3 Å². The minimum absolute atomic E-state index is 0.105. The molecule has 1 aromatic rings. The highest BCUT2D eigenvalue weighted by atomic mass is 16.5. The third kappa shape index (κ3) is 5.97. The lowest BCUT2D eigenvalue weighted by atomic mass is 9.86. The standard InChI is InChI=1S/C25H41NO3/c1-5-8-9-10-11-12-13-16-19-26-21(4)25(29-7-3,20-24(27)28-6-2)22-17-14-15-18-23(22)26/h14-15,17-18,21H,5-13,16,19-20H2,1-4H3. The first-order valence-electron chi connectivity index (χ1n) is 11.8. The van der Waals surface area contributed by atoms with Crippen LogP contribution in [0.25, 0.3) is 0 Å². The van der Waals surface area contributed by atoms with Crippen LogP contribution in [0.15, 0.2) is 24.3 Å². The first-order valence-corrected chi connectivity index (χ1v) is 11.8. The van der Waals surface area contributed by atoms with Gasteiger partial charge in [0.1, 0.15) is 5.60 Å². The van der Waals surface area contributed by atoms with Gasteiger partial charge in [0.2, 0.25) is 0 Å². The molecular weight excluding hydrogens is 362 g/mol. The van der Waals surface area contributed by atoms with Crippen molar-refractivity contribution in [1.82, 2.24) is 0 Å². The summed E-state index contributed by atoms with van der Waals surface area (Å²) in [6, 6.07) is 8.52. The van der Waals surface area contributed by atoms with Crippen LogP contribution in [0.4, 0.5) is 5.69 Å². The van der Waals surface area contributed by atoms with Crippen molar-refractivity contribution in [3.05, 3.63) is 29.8 Å². The quantitative estimate of drug-likeness (QED) is 0.273. The van der Waals surface area contributed by atoms with Crippen molar-refractivity contribution in [2.75, 3.05) is 24.7 Å². The van der Waals surface area contributed by atoms with Crippen LogP contribution in [-0.2, 0) is 19.9 Å². The van der Waals surface area contributed by atoms with Gasteiger partial charge in [-0.15, -0.1) is 0 Å². The summed E-state index contributed by atoms with van der Waals surface area (Å²) in [7, 11) is 0. The number of unbranched alkanes of at least 4 members (excludes halogenated alkanes) is 7. The Kier molecular flexibility index (Phi) is 9.99. The number of esters is 1. The molecule has 1 aliphatic heterocycles. The number of anilines is 1. The average molecular weight is 404 g/mol. The van der Waals surface area contributed by atoms with Crippen molar-refractivity contribution >= 4 is 11.7 Å². The Labute approximate surface area is 178 Å². The second-order valence-corrected chi connectivity index (χ2v) is 8.17. The fourth-order valence-corrected chi connectivity index (χ4v) is 4.67. The van der Waals surface area contributed by atoms with E-state index in [0.29, 0.717) is 13.2 Å². The highest BCUT2D eigenvalue weighted by molar-refractivity contribution is 5.74. The van der Waals surface area contributed by atoms with Crippen LogP contribution in [0.5, 0.6) is 0 Å². The van der Waals surface area contributed by atoms with Crippen molar-refractivity contribution in [1.29, 1.82) is 0 Å². The Morgan fingerprint density at radius 3 is 2.28 bits per heavy atom. The molecule has 29 heavy (non-hydrogen) atoms. The smallest absolute Gasteiger partial charge is 0.309 e. The van der Waals surface area contributed by atoms with E-state index in [-0.39, 0.29) is 18.4 Å².